The zero-order valence-electron chi connectivity index (χ0n) is 8.93. The second-order valence-corrected chi connectivity index (χ2v) is 4.45. The molecule has 1 saturated heterocycles. The topological polar surface area (TPSA) is 88.2 Å². The molecule has 1 aliphatic rings. The van der Waals surface area contributed by atoms with Crippen molar-refractivity contribution in [2.24, 2.45) is 0 Å². The molecular weight excluding hydrogens is 242 g/mol. The molecule has 3 amide bonds. The van der Waals surface area contributed by atoms with E-state index in [4.69, 9.17) is 0 Å². The fourth-order valence-corrected chi connectivity index (χ4v) is 2.12. The van der Waals surface area contributed by atoms with E-state index in [0.717, 1.165) is 0 Å². The first-order valence-electron chi connectivity index (χ1n) is 5.15. The lowest BCUT2D eigenvalue weighted by molar-refractivity contribution is -0.137. The molecule has 0 bridgehead atoms. The standard InChI is InChI=1S/C10H11N3O3S/c14-8-2-1-7(10(16)13-8)12-9(15)3-6-4-17-5-11-6/h4-5,7H,1-3H2,(H,12,15)(H,13,14,16). The number of thiazole rings is 1. The number of aromatic nitrogens is 1. The number of carbonyl (C=O) groups excluding carboxylic acids is 3. The maximum Gasteiger partial charge on any atom is 0.249 e. The van der Waals surface area contributed by atoms with Crippen LogP contribution in [0.3, 0.4) is 0 Å². The minimum atomic E-state index is -0.612. The minimum Gasteiger partial charge on any atom is -0.344 e. The summed E-state index contributed by atoms with van der Waals surface area (Å²) in [6.07, 6.45) is 0.766. The van der Waals surface area contributed by atoms with Crippen LogP contribution in [0.5, 0.6) is 0 Å². The first-order valence-corrected chi connectivity index (χ1v) is 6.09. The van der Waals surface area contributed by atoms with E-state index in [0.29, 0.717) is 12.1 Å². The monoisotopic (exact) mass is 253 g/mol. The Morgan fingerprint density at radius 2 is 2.41 bits per heavy atom. The van der Waals surface area contributed by atoms with Crippen LogP contribution in [0.1, 0.15) is 18.5 Å². The molecule has 1 aromatic rings. The number of carbonyl (C=O) groups is 3. The van der Waals surface area contributed by atoms with Crippen molar-refractivity contribution >= 4 is 29.1 Å². The van der Waals surface area contributed by atoms with Crippen LogP contribution in [0.25, 0.3) is 0 Å². The van der Waals surface area contributed by atoms with E-state index in [1.165, 1.54) is 11.3 Å². The maximum absolute atomic E-state index is 11.6. The summed E-state index contributed by atoms with van der Waals surface area (Å²) in [4.78, 5) is 37.9. The number of nitrogens with one attached hydrogen (secondary N) is 2. The summed E-state index contributed by atoms with van der Waals surface area (Å²) in [7, 11) is 0. The van der Waals surface area contributed by atoms with Crippen molar-refractivity contribution in [1.82, 2.24) is 15.6 Å². The van der Waals surface area contributed by atoms with Gasteiger partial charge in [-0.2, -0.15) is 0 Å². The van der Waals surface area contributed by atoms with Gasteiger partial charge in [-0.3, -0.25) is 19.7 Å². The lowest BCUT2D eigenvalue weighted by Crippen LogP contribution is -2.52. The van der Waals surface area contributed by atoms with E-state index in [-0.39, 0.29) is 24.7 Å². The van der Waals surface area contributed by atoms with E-state index >= 15 is 0 Å². The predicted molar refractivity (Wildman–Crippen MR) is 60.1 cm³/mol. The van der Waals surface area contributed by atoms with Gasteiger partial charge in [0.2, 0.25) is 17.7 Å². The van der Waals surface area contributed by atoms with Crippen molar-refractivity contribution in [2.75, 3.05) is 0 Å². The molecule has 1 fully saturated rings. The van der Waals surface area contributed by atoms with E-state index in [2.05, 4.69) is 15.6 Å². The molecule has 1 aliphatic heterocycles. The number of imide groups is 1. The number of hydrogen-bond acceptors (Lipinski definition) is 5. The summed E-state index contributed by atoms with van der Waals surface area (Å²) in [6.45, 7) is 0. The Labute approximate surface area is 101 Å². The Morgan fingerprint density at radius 3 is 3.06 bits per heavy atom. The van der Waals surface area contributed by atoms with Crippen LogP contribution < -0.4 is 10.6 Å². The fraction of sp³-hybridized carbons (Fsp3) is 0.400. The molecular formula is C10H11N3O3S. The van der Waals surface area contributed by atoms with Gasteiger partial charge in [0, 0.05) is 11.8 Å². The van der Waals surface area contributed by atoms with Crippen molar-refractivity contribution in [3.05, 3.63) is 16.6 Å². The van der Waals surface area contributed by atoms with Gasteiger partial charge in [0.1, 0.15) is 6.04 Å². The predicted octanol–water partition coefficient (Wildman–Crippen LogP) is -0.393. The van der Waals surface area contributed by atoms with E-state index in [1.54, 1.807) is 10.9 Å². The highest BCUT2D eigenvalue weighted by Crippen LogP contribution is 2.06. The number of piperidine rings is 1. The summed E-state index contributed by atoms with van der Waals surface area (Å²) in [5.41, 5.74) is 2.33. The lowest BCUT2D eigenvalue weighted by atomic mass is 10.1. The molecule has 0 saturated carbocycles. The average molecular weight is 253 g/mol. The number of hydrogen-bond donors (Lipinski definition) is 2. The molecule has 2 rings (SSSR count). The van der Waals surface area contributed by atoms with Crippen molar-refractivity contribution in [2.45, 2.75) is 25.3 Å². The van der Waals surface area contributed by atoms with Crippen LogP contribution in [0, 0.1) is 0 Å². The molecule has 2 heterocycles. The third-order valence-corrected chi connectivity index (χ3v) is 3.03. The highest BCUT2D eigenvalue weighted by atomic mass is 32.1. The smallest absolute Gasteiger partial charge is 0.249 e. The van der Waals surface area contributed by atoms with Gasteiger partial charge in [0.25, 0.3) is 0 Å². The van der Waals surface area contributed by atoms with Gasteiger partial charge in [-0.05, 0) is 6.42 Å². The van der Waals surface area contributed by atoms with Gasteiger partial charge in [-0.1, -0.05) is 0 Å². The normalized spacial score (nSPS) is 19.9. The third-order valence-electron chi connectivity index (χ3n) is 2.40. The zero-order chi connectivity index (χ0) is 12.3. The Balaban J connectivity index is 1.86. The Hall–Kier alpha value is -1.76. The second-order valence-electron chi connectivity index (χ2n) is 3.73. The van der Waals surface area contributed by atoms with Crippen LogP contribution >= 0.6 is 11.3 Å². The molecule has 0 aromatic carbocycles. The quantitative estimate of drug-likeness (QED) is 0.718. The molecule has 1 unspecified atom stereocenters. The summed E-state index contributed by atoms with van der Waals surface area (Å²) >= 11 is 1.41. The summed E-state index contributed by atoms with van der Waals surface area (Å²) in [5, 5.41) is 6.56. The van der Waals surface area contributed by atoms with E-state index in [1.807, 2.05) is 0 Å². The lowest BCUT2D eigenvalue weighted by Gasteiger charge is -2.21. The highest BCUT2D eigenvalue weighted by molar-refractivity contribution is 7.07. The van der Waals surface area contributed by atoms with Gasteiger partial charge in [-0.25, -0.2) is 4.98 Å². The number of amides is 3. The SMILES string of the molecule is O=C1CCC(NC(=O)Cc2cscn2)C(=O)N1. The molecule has 1 atom stereocenters. The highest BCUT2D eigenvalue weighted by Gasteiger charge is 2.27. The first-order chi connectivity index (χ1) is 8.15. The maximum atomic E-state index is 11.6. The summed E-state index contributed by atoms with van der Waals surface area (Å²) in [5.74, 6) is -0.988. The van der Waals surface area contributed by atoms with Gasteiger partial charge in [-0.15, -0.1) is 11.3 Å². The van der Waals surface area contributed by atoms with Crippen LogP contribution in [0.2, 0.25) is 0 Å². The Kier molecular flexibility index (Phi) is 3.48. The molecule has 1 aromatic heterocycles. The zero-order valence-corrected chi connectivity index (χ0v) is 9.75. The first kappa shape index (κ1) is 11.7. The molecule has 0 aliphatic carbocycles. The number of rotatable bonds is 3. The van der Waals surface area contributed by atoms with Crippen molar-refractivity contribution in [3.63, 3.8) is 0 Å². The largest absolute Gasteiger partial charge is 0.344 e. The van der Waals surface area contributed by atoms with Crippen LogP contribution in [0.15, 0.2) is 10.9 Å². The third kappa shape index (κ3) is 3.10. The minimum absolute atomic E-state index is 0.154. The molecule has 17 heavy (non-hydrogen) atoms. The molecule has 0 spiro atoms. The second kappa shape index (κ2) is 5.05. The molecule has 7 heteroatoms. The number of nitrogens with zero attached hydrogens (tertiary/aromatic N) is 1. The van der Waals surface area contributed by atoms with Crippen molar-refractivity contribution in [1.29, 1.82) is 0 Å². The van der Waals surface area contributed by atoms with E-state index < -0.39 is 11.9 Å². The van der Waals surface area contributed by atoms with Gasteiger partial charge in [0.15, 0.2) is 0 Å². The van der Waals surface area contributed by atoms with Gasteiger partial charge >= 0.3 is 0 Å². The fourth-order valence-electron chi connectivity index (χ4n) is 1.57. The summed E-state index contributed by atoms with van der Waals surface area (Å²) in [6, 6.07) is -0.612. The van der Waals surface area contributed by atoms with Crippen LogP contribution in [0.4, 0.5) is 0 Å². The molecule has 0 radical (unpaired) electrons. The van der Waals surface area contributed by atoms with Gasteiger partial charge in [0.05, 0.1) is 17.6 Å². The van der Waals surface area contributed by atoms with Crippen molar-refractivity contribution < 1.29 is 14.4 Å². The Bertz CT molecular complexity index is 444. The van der Waals surface area contributed by atoms with E-state index in [9.17, 15) is 14.4 Å². The molecule has 90 valence electrons. The molecule has 6 nitrogen and oxygen atoms in total. The van der Waals surface area contributed by atoms with Crippen LogP contribution in [-0.2, 0) is 20.8 Å². The Morgan fingerprint density at radius 1 is 1.59 bits per heavy atom. The van der Waals surface area contributed by atoms with Crippen molar-refractivity contribution in [3.8, 4) is 0 Å². The van der Waals surface area contributed by atoms with Gasteiger partial charge < -0.3 is 5.32 Å². The molecule has 2 N–H and O–H groups in total. The average Bonchev–Trinajstić information content (AvgIpc) is 2.75. The van der Waals surface area contributed by atoms with Crippen LogP contribution in [-0.4, -0.2) is 28.7 Å². The summed E-state index contributed by atoms with van der Waals surface area (Å²) < 4.78 is 0.